The largest absolute Gasteiger partial charge is 0.354 e. The second kappa shape index (κ2) is 15.7. The van der Waals surface area contributed by atoms with Crippen LogP contribution in [0.2, 0.25) is 5.02 Å². The first-order valence-electron chi connectivity index (χ1n) is 15.1. The zero-order valence-corrected chi connectivity index (χ0v) is 27.5. The van der Waals surface area contributed by atoms with Gasteiger partial charge in [0.15, 0.2) is 0 Å². The number of carbonyl (C=O) groups excluding carboxylic acids is 2. The number of unbranched alkanes of at least 4 members (excludes halogenated alkanes) is 1. The van der Waals surface area contributed by atoms with Crippen molar-refractivity contribution in [3.8, 4) is 0 Å². The van der Waals surface area contributed by atoms with E-state index < -0.39 is 28.5 Å². The van der Waals surface area contributed by atoms with E-state index in [1.807, 2.05) is 63.2 Å². The molecule has 0 spiro atoms. The highest BCUT2D eigenvalue weighted by molar-refractivity contribution is 7.92. The van der Waals surface area contributed by atoms with Crippen LogP contribution < -0.4 is 9.62 Å². The van der Waals surface area contributed by atoms with E-state index >= 15 is 0 Å². The number of halogens is 1. The molecule has 7 nitrogen and oxygen atoms in total. The molecule has 0 fully saturated rings. The predicted molar refractivity (Wildman–Crippen MR) is 181 cm³/mol. The number of nitrogens with one attached hydrogen (secondary N) is 1. The fourth-order valence-corrected chi connectivity index (χ4v) is 6.80. The Morgan fingerprint density at radius 3 is 2.16 bits per heavy atom. The lowest BCUT2D eigenvalue weighted by molar-refractivity contribution is -0.140. The molecule has 0 radical (unpaired) electrons. The Kier molecular flexibility index (Phi) is 11.8. The molecule has 0 saturated heterocycles. The third-order valence-corrected chi connectivity index (χ3v) is 10.00. The predicted octanol–water partition coefficient (Wildman–Crippen LogP) is 6.71. The molecule has 236 valence electrons. The van der Waals surface area contributed by atoms with Crippen molar-refractivity contribution in [3.05, 3.63) is 130 Å². The zero-order valence-electron chi connectivity index (χ0n) is 25.9. The number of anilines is 1. The Hall–Kier alpha value is -4.14. The molecule has 0 saturated carbocycles. The average molecular weight is 646 g/mol. The van der Waals surface area contributed by atoms with E-state index in [0.717, 1.165) is 33.8 Å². The monoisotopic (exact) mass is 645 g/mol. The summed E-state index contributed by atoms with van der Waals surface area (Å²) in [5.41, 5.74) is 3.54. The van der Waals surface area contributed by atoms with Crippen LogP contribution in [0.15, 0.2) is 108 Å². The third-order valence-electron chi connectivity index (χ3n) is 7.85. The zero-order chi connectivity index (χ0) is 32.4. The molecule has 4 rings (SSSR count). The number of hydrogen-bond acceptors (Lipinski definition) is 4. The highest BCUT2D eigenvalue weighted by Crippen LogP contribution is 2.29. The van der Waals surface area contributed by atoms with Crippen LogP contribution in [-0.2, 0) is 32.6 Å². The summed E-state index contributed by atoms with van der Waals surface area (Å²) in [5.74, 6) is -0.834. The topological polar surface area (TPSA) is 86.8 Å². The van der Waals surface area contributed by atoms with Crippen molar-refractivity contribution in [1.82, 2.24) is 10.2 Å². The number of nitrogens with zero attached hydrogens (tertiary/aromatic N) is 2. The molecule has 9 heteroatoms. The van der Waals surface area contributed by atoms with E-state index in [-0.39, 0.29) is 23.8 Å². The normalized spacial score (nSPS) is 11.9. The Labute approximate surface area is 271 Å². The van der Waals surface area contributed by atoms with Crippen molar-refractivity contribution in [1.29, 1.82) is 0 Å². The first-order valence-corrected chi connectivity index (χ1v) is 16.9. The Balaban J connectivity index is 1.82. The first-order chi connectivity index (χ1) is 21.6. The van der Waals surface area contributed by atoms with Gasteiger partial charge in [0.1, 0.15) is 12.6 Å². The molecule has 0 aromatic heterocycles. The van der Waals surface area contributed by atoms with Gasteiger partial charge in [-0.05, 0) is 66.8 Å². The van der Waals surface area contributed by atoms with Crippen LogP contribution in [0.25, 0.3) is 0 Å². The molecule has 1 N–H and O–H groups in total. The maximum atomic E-state index is 14.6. The number of aryl methyl sites for hydroxylation is 1. The highest BCUT2D eigenvalue weighted by Gasteiger charge is 2.35. The molecule has 2 amide bonds. The van der Waals surface area contributed by atoms with Crippen molar-refractivity contribution >= 4 is 39.1 Å². The van der Waals surface area contributed by atoms with E-state index in [0.29, 0.717) is 22.8 Å². The SMILES string of the molecule is CCCCNC(=O)[C@@H](Cc1ccccc1)N(Cc1ccccc1Cl)C(=O)CN(c1cccc(C)c1C)S(=O)(=O)c1ccccc1. The van der Waals surface area contributed by atoms with E-state index in [4.69, 9.17) is 11.6 Å². The summed E-state index contributed by atoms with van der Waals surface area (Å²) in [6.07, 6.45) is 1.93. The lowest BCUT2D eigenvalue weighted by Crippen LogP contribution is -2.53. The molecule has 1 atom stereocenters. The molecule has 4 aromatic rings. The number of benzene rings is 4. The van der Waals surface area contributed by atoms with Gasteiger partial charge in [-0.2, -0.15) is 0 Å². The van der Waals surface area contributed by atoms with Crippen LogP contribution in [0, 0.1) is 13.8 Å². The average Bonchev–Trinajstić information content (AvgIpc) is 3.04. The Morgan fingerprint density at radius 2 is 1.49 bits per heavy atom. The van der Waals surface area contributed by atoms with E-state index in [9.17, 15) is 18.0 Å². The second-order valence-corrected chi connectivity index (χ2v) is 13.3. The summed E-state index contributed by atoms with van der Waals surface area (Å²) in [6.45, 7) is 5.74. The van der Waals surface area contributed by atoms with Gasteiger partial charge in [-0.15, -0.1) is 0 Å². The quantitative estimate of drug-likeness (QED) is 0.155. The summed E-state index contributed by atoms with van der Waals surface area (Å²) in [7, 11) is -4.17. The maximum Gasteiger partial charge on any atom is 0.264 e. The number of amides is 2. The van der Waals surface area contributed by atoms with E-state index in [2.05, 4.69) is 5.32 Å². The van der Waals surface area contributed by atoms with Crippen LogP contribution in [-0.4, -0.2) is 44.3 Å². The van der Waals surface area contributed by atoms with Gasteiger partial charge in [-0.3, -0.25) is 13.9 Å². The number of sulfonamides is 1. The molecule has 4 aromatic carbocycles. The molecule has 45 heavy (non-hydrogen) atoms. The minimum atomic E-state index is -4.17. The van der Waals surface area contributed by atoms with Crippen LogP contribution in [0.5, 0.6) is 0 Å². The van der Waals surface area contributed by atoms with Crippen LogP contribution in [0.3, 0.4) is 0 Å². The van der Waals surface area contributed by atoms with Gasteiger partial charge in [0.25, 0.3) is 10.0 Å². The molecular weight excluding hydrogens is 606 g/mol. The summed E-state index contributed by atoms with van der Waals surface area (Å²) < 4.78 is 29.5. The molecule has 0 bridgehead atoms. The summed E-state index contributed by atoms with van der Waals surface area (Å²) in [5, 5.41) is 3.45. The highest BCUT2D eigenvalue weighted by atomic mass is 35.5. The van der Waals surface area contributed by atoms with Crippen molar-refractivity contribution in [2.24, 2.45) is 0 Å². The number of carbonyl (C=O) groups is 2. The van der Waals surface area contributed by atoms with E-state index in [1.165, 1.54) is 17.0 Å². The minimum absolute atomic E-state index is 0.0171. The molecule has 0 aliphatic rings. The van der Waals surface area contributed by atoms with Crippen molar-refractivity contribution in [3.63, 3.8) is 0 Å². The molecule has 0 aliphatic carbocycles. The van der Waals surface area contributed by atoms with Crippen LogP contribution >= 0.6 is 11.6 Å². The smallest absolute Gasteiger partial charge is 0.264 e. The van der Waals surface area contributed by atoms with Gasteiger partial charge in [-0.1, -0.05) is 104 Å². The van der Waals surface area contributed by atoms with Crippen molar-refractivity contribution < 1.29 is 18.0 Å². The number of hydrogen-bond donors (Lipinski definition) is 1. The summed E-state index contributed by atoms with van der Waals surface area (Å²) in [6, 6.07) is 29.1. The maximum absolute atomic E-state index is 14.6. The summed E-state index contributed by atoms with van der Waals surface area (Å²) >= 11 is 6.57. The minimum Gasteiger partial charge on any atom is -0.354 e. The van der Waals surface area contributed by atoms with Gasteiger partial charge in [-0.25, -0.2) is 8.42 Å². The van der Waals surface area contributed by atoms with Crippen molar-refractivity contribution in [2.45, 2.75) is 57.5 Å². The lowest BCUT2D eigenvalue weighted by Gasteiger charge is -2.34. The van der Waals surface area contributed by atoms with Crippen LogP contribution in [0.4, 0.5) is 5.69 Å². The molecular formula is C36H40ClN3O4S. The van der Waals surface area contributed by atoms with Gasteiger partial charge < -0.3 is 10.2 Å². The Bertz CT molecular complexity index is 1700. The van der Waals surface area contributed by atoms with Gasteiger partial charge in [0.05, 0.1) is 10.6 Å². The second-order valence-electron chi connectivity index (χ2n) is 11.0. The fraction of sp³-hybridized carbons (Fsp3) is 0.278. The fourth-order valence-electron chi connectivity index (χ4n) is 5.11. The van der Waals surface area contributed by atoms with E-state index in [1.54, 1.807) is 48.5 Å². The standard InChI is InChI=1S/C36H40ClN3O4S/c1-4-5-23-38-36(42)34(24-29-16-8-6-9-17-29)39(25-30-18-12-13-21-32(30)37)35(41)26-40(33-22-14-15-27(2)28(33)3)45(43,44)31-19-10-7-11-20-31/h6-22,34H,4-5,23-26H2,1-3H3,(H,38,42)/t34-/m1/s1. The lowest BCUT2D eigenvalue weighted by atomic mass is 10.0. The Morgan fingerprint density at radius 1 is 0.844 bits per heavy atom. The molecule has 0 heterocycles. The molecule has 0 aliphatic heterocycles. The van der Waals surface area contributed by atoms with Gasteiger partial charge >= 0.3 is 0 Å². The third kappa shape index (κ3) is 8.53. The first kappa shape index (κ1) is 33.7. The summed E-state index contributed by atoms with van der Waals surface area (Å²) in [4.78, 5) is 30.0. The molecule has 0 unspecified atom stereocenters. The van der Waals surface area contributed by atoms with Crippen molar-refractivity contribution in [2.75, 3.05) is 17.4 Å². The van der Waals surface area contributed by atoms with Gasteiger partial charge in [0, 0.05) is 24.5 Å². The van der Waals surface area contributed by atoms with Crippen LogP contribution in [0.1, 0.15) is 42.0 Å². The van der Waals surface area contributed by atoms with Gasteiger partial charge in [0.2, 0.25) is 11.8 Å². The number of rotatable bonds is 14.